The number of aryl methyl sites for hydroxylation is 1. The normalized spacial score (nSPS) is 12.2. The Morgan fingerprint density at radius 1 is 1.04 bits per heavy atom. The summed E-state index contributed by atoms with van der Waals surface area (Å²) in [5, 5.41) is 2.67. The van der Waals surface area contributed by atoms with E-state index in [4.69, 9.17) is 4.74 Å². The molecule has 0 aliphatic heterocycles. The quantitative estimate of drug-likeness (QED) is 0.625. The molecule has 0 unspecified atom stereocenters. The topological polar surface area (TPSA) is 102 Å². The standard InChI is InChI=1S/C20H24N2O5S/c1-3-16-9-11-17(12-10-16)22-20(24)15(2)27-19(23)13-14-21-28(25,26)18-7-5-4-6-8-18/h4-12,15,21H,3,13-14H2,1-2H3,(H,22,24)/t15-/m1/s1. The van der Waals surface area contributed by atoms with Crippen LogP contribution in [0.5, 0.6) is 0 Å². The van der Waals surface area contributed by atoms with Gasteiger partial charge in [0.1, 0.15) is 0 Å². The van der Waals surface area contributed by atoms with Gasteiger partial charge in [0.05, 0.1) is 11.3 Å². The van der Waals surface area contributed by atoms with E-state index in [0.717, 1.165) is 12.0 Å². The highest BCUT2D eigenvalue weighted by Crippen LogP contribution is 2.11. The molecule has 2 aromatic rings. The molecule has 0 bridgehead atoms. The Hall–Kier alpha value is -2.71. The third-order valence-corrected chi connectivity index (χ3v) is 5.46. The number of carbonyl (C=O) groups is 2. The zero-order valence-electron chi connectivity index (χ0n) is 15.8. The molecule has 0 saturated heterocycles. The van der Waals surface area contributed by atoms with Gasteiger partial charge in [-0.2, -0.15) is 0 Å². The second-order valence-corrected chi connectivity index (χ2v) is 7.90. The molecule has 1 atom stereocenters. The van der Waals surface area contributed by atoms with Crippen molar-refractivity contribution < 1.29 is 22.7 Å². The Morgan fingerprint density at radius 2 is 1.68 bits per heavy atom. The molecule has 0 fully saturated rings. The Bertz CT molecular complexity index is 896. The first-order valence-corrected chi connectivity index (χ1v) is 10.4. The Morgan fingerprint density at radius 3 is 2.29 bits per heavy atom. The number of hydrogen-bond acceptors (Lipinski definition) is 5. The second-order valence-electron chi connectivity index (χ2n) is 6.13. The number of nitrogens with one attached hydrogen (secondary N) is 2. The lowest BCUT2D eigenvalue weighted by atomic mass is 10.1. The fourth-order valence-electron chi connectivity index (χ4n) is 2.35. The largest absolute Gasteiger partial charge is 0.452 e. The maximum atomic E-state index is 12.1. The highest BCUT2D eigenvalue weighted by molar-refractivity contribution is 7.89. The minimum atomic E-state index is -3.68. The van der Waals surface area contributed by atoms with Crippen molar-refractivity contribution in [2.75, 3.05) is 11.9 Å². The molecule has 8 heteroatoms. The van der Waals surface area contributed by atoms with Gasteiger partial charge in [-0.05, 0) is 43.2 Å². The van der Waals surface area contributed by atoms with Crippen LogP contribution in [0.4, 0.5) is 5.69 Å². The molecular formula is C20H24N2O5S. The van der Waals surface area contributed by atoms with Crippen LogP contribution < -0.4 is 10.0 Å². The van der Waals surface area contributed by atoms with Gasteiger partial charge in [-0.25, -0.2) is 13.1 Å². The predicted octanol–water partition coefficient (Wildman–Crippen LogP) is 2.49. The third kappa shape index (κ3) is 6.47. The molecule has 2 N–H and O–H groups in total. The zero-order valence-corrected chi connectivity index (χ0v) is 16.7. The Labute approximate surface area is 165 Å². The summed E-state index contributed by atoms with van der Waals surface area (Å²) in [4.78, 5) is 24.1. The Balaban J connectivity index is 1.77. The van der Waals surface area contributed by atoms with Crippen molar-refractivity contribution in [3.63, 3.8) is 0 Å². The summed E-state index contributed by atoms with van der Waals surface area (Å²) in [5.41, 5.74) is 1.76. The van der Waals surface area contributed by atoms with Crippen LogP contribution in [0.2, 0.25) is 0 Å². The van der Waals surface area contributed by atoms with Gasteiger partial charge in [0.25, 0.3) is 5.91 Å². The first-order chi connectivity index (χ1) is 13.3. The summed E-state index contributed by atoms with van der Waals surface area (Å²) >= 11 is 0. The molecule has 0 heterocycles. The number of sulfonamides is 1. The predicted molar refractivity (Wildman–Crippen MR) is 106 cm³/mol. The van der Waals surface area contributed by atoms with Crippen LogP contribution in [0.3, 0.4) is 0 Å². The second kappa shape index (κ2) is 10.0. The molecule has 2 rings (SSSR count). The van der Waals surface area contributed by atoms with Crippen LogP contribution >= 0.6 is 0 Å². The molecular weight excluding hydrogens is 380 g/mol. The van der Waals surface area contributed by atoms with E-state index in [1.54, 1.807) is 30.3 Å². The van der Waals surface area contributed by atoms with Crippen LogP contribution in [-0.4, -0.2) is 32.9 Å². The minimum Gasteiger partial charge on any atom is -0.452 e. The summed E-state index contributed by atoms with van der Waals surface area (Å²) in [6, 6.07) is 15.2. The molecule has 0 spiro atoms. The van der Waals surface area contributed by atoms with E-state index in [9.17, 15) is 18.0 Å². The van der Waals surface area contributed by atoms with Gasteiger partial charge < -0.3 is 10.1 Å². The SMILES string of the molecule is CCc1ccc(NC(=O)[C@@H](C)OC(=O)CCNS(=O)(=O)c2ccccc2)cc1. The highest BCUT2D eigenvalue weighted by Gasteiger charge is 2.19. The van der Waals surface area contributed by atoms with E-state index in [-0.39, 0.29) is 17.9 Å². The molecule has 0 radical (unpaired) electrons. The van der Waals surface area contributed by atoms with Gasteiger partial charge in [0.15, 0.2) is 6.10 Å². The molecule has 150 valence electrons. The first-order valence-electron chi connectivity index (χ1n) is 8.96. The van der Waals surface area contributed by atoms with Gasteiger partial charge in [0, 0.05) is 12.2 Å². The average molecular weight is 404 g/mol. The van der Waals surface area contributed by atoms with Crippen LogP contribution in [0.25, 0.3) is 0 Å². The fraction of sp³-hybridized carbons (Fsp3) is 0.300. The lowest BCUT2D eigenvalue weighted by Crippen LogP contribution is -2.32. The van der Waals surface area contributed by atoms with Gasteiger partial charge in [-0.15, -0.1) is 0 Å². The van der Waals surface area contributed by atoms with Crippen LogP contribution in [-0.2, 0) is 30.8 Å². The summed E-state index contributed by atoms with van der Waals surface area (Å²) in [6.45, 7) is 3.37. The minimum absolute atomic E-state index is 0.116. The number of rotatable bonds is 9. The molecule has 28 heavy (non-hydrogen) atoms. The Kier molecular flexibility index (Phi) is 7.71. The maximum Gasteiger partial charge on any atom is 0.307 e. The molecule has 0 saturated carbocycles. The fourth-order valence-corrected chi connectivity index (χ4v) is 3.40. The number of esters is 1. The average Bonchev–Trinajstić information content (AvgIpc) is 2.69. The number of anilines is 1. The third-order valence-electron chi connectivity index (χ3n) is 3.98. The highest BCUT2D eigenvalue weighted by atomic mass is 32.2. The lowest BCUT2D eigenvalue weighted by molar-refractivity contribution is -0.152. The molecule has 7 nitrogen and oxygen atoms in total. The maximum absolute atomic E-state index is 12.1. The van der Waals surface area contributed by atoms with E-state index in [1.165, 1.54) is 19.1 Å². The van der Waals surface area contributed by atoms with Crippen molar-refractivity contribution in [2.24, 2.45) is 0 Å². The molecule has 0 aliphatic rings. The summed E-state index contributed by atoms with van der Waals surface area (Å²) in [6.07, 6.45) is -0.283. The van der Waals surface area contributed by atoms with Crippen molar-refractivity contribution >= 4 is 27.6 Å². The smallest absolute Gasteiger partial charge is 0.307 e. The van der Waals surface area contributed by atoms with Crippen LogP contribution in [0.15, 0.2) is 59.5 Å². The van der Waals surface area contributed by atoms with Gasteiger partial charge in [0.2, 0.25) is 10.0 Å². The van der Waals surface area contributed by atoms with E-state index in [2.05, 4.69) is 10.0 Å². The summed E-state index contributed by atoms with van der Waals surface area (Å²) < 4.78 is 31.5. The molecule has 0 aromatic heterocycles. The summed E-state index contributed by atoms with van der Waals surface area (Å²) in [7, 11) is -3.68. The summed E-state index contributed by atoms with van der Waals surface area (Å²) in [5.74, 6) is -1.12. The van der Waals surface area contributed by atoms with Crippen molar-refractivity contribution in [3.8, 4) is 0 Å². The number of carbonyl (C=O) groups excluding carboxylic acids is 2. The van der Waals surface area contributed by atoms with E-state index in [1.807, 2.05) is 19.1 Å². The van der Waals surface area contributed by atoms with Crippen LogP contribution in [0.1, 0.15) is 25.8 Å². The lowest BCUT2D eigenvalue weighted by Gasteiger charge is -2.14. The van der Waals surface area contributed by atoms with Crippen molar-refractivity contribution in [1.82, 2.24) is 4.72 Å². The van der Waals surface area contributed by atoms with E-state index >= 15 is 0 Å². The molecule has 0 aliphatic carbocycles. The van der Waals surface area contributed by atoms with Gasteiger partial charge in [-0.1, -0.05) is 37.3 Å². The van der Waals surface area contributed by atoms with E-state index < -0.39 is 28.0 Å². The van der Waals surface area contributed by atoms with Crippen LogP contribution in [0, 0.1) is 0 Å². The molecule has 2 aromatic carbocycles. The number of amides is 1. The van der Waals surface area contributed by atoms with Crippen molar-refractivity contribution in [2.45, 2.75) is 37.7 Å². The molecule has 1 amide bonds. The van der Waals surface area contributed by atoms with Crippen molar-refractivity contribution in [1.29, 1.82) is 0 Å². The van der Waals surface area contributed by atoms with Crippen molar-refractivity contribution in [3.05, 3.63) is 60.2 Å². The number of ether oxygens (including phenoxy) is 1. The number of benzene rings is 2. The monoisotopic (exact) mass is 404 g/mol. The van der Waals surface area contributed by atoms with E-state index in [0.29, 0.717) is 5.69 Å². The zero-order chi connectivity index (χ0) is 20.6. The number of hydrogen-bond donors (Lipinski definition) is 2. The first kappa shape index (κ1) is 21.6. The van der Waals surface area contributed by atoms with Gasteiger partial charge >= 0.3 is 5.97 Å². The van der Waals surface area contributed by atoms with Gasteiger partial charge in [-0.3, -0.25) is 9.59 Å².